The summed E-state index contributed by atoms with van der Waals surface area (Å²) in [5.41, 5.74) is 3.71. The lowest BCUT2D eigenvalue weighted by atomic mass is 10.0. The van der Waals surface area contributed by atoms with Gasteiger partial charge in [0.05, 0.1) is 19.1 Å². The number of quaternary nitrogens is 1. The average molecular weight is 321 g/mol. The highest BCUT2D eigenvalue weighted by Crippen LogP contribution is 2.16. The number of hydrogen-bond acceptors (Lipinski definition) is 1. The van der Waals surface area contributed by atoms with Crippen LogP contribution in [-0.4, -0.2) is 42.2 Å². The molecule has 1 aliphatic heterocycles. The molecule has 1 aliphatic rings. The first-order chi connectivity index (χ1) is 10.4. The molecule has 1 saturated heterocycles. The highest BCUT2D eigenvalue weighted by Gasteiger charge is 2.27. The van der Waals surface area contributed by atoms with E-state index in [0.29, 0.717) is 6.04 Å². The fourth-order valence-corrected chi connectivity index (χ4v) is 3.33. The van der Waals surface area contributed by atoms with Crippen LogP contribution in [0.5, 0.6) is 0 Å². The fraction of sp³-hybridized carbons (Fsp3) is 0.611. The Labute approximate surface area is 140 Å². The van der Waals surface area contributed by atoms with Gasteiger partial charge < -0.3 is 15.1 Å². The lowest BCUT2D eigenvalue weighted by molar-refractivity contribution is -0.928. The lowest BCUT2D eigenvalue weighted by Gasteiger charge is -2.37. The van der Waals surface area contributed by atoms with Crippen molar-refractivity contribution in [1.82, 2.24) is 4.90 Å². The Bertz CT molecular complexity index is 519. The van der Waals surface area contributed by atoms with E-state index in [1.165, 1.54) is 24.0 Å². The Morgan fingerprint density at radius 3 is 2.41 bits per heavy atom. The van der Waals surface area contributed by atoms with Crippen LogP contribution in [0.4, 0.5) is 5.69 Å². The van der Waals surface area contributed by atoms with Gasteiger partial charge in [0.25, 0.3) is 0 Å². The minimum atomic E-state index is 0.692. The van der Waals surface area contributed by atoms with E-state index in [2.05, 4.69) is 63.2 Å². The number of piperidine rings is 1. The predicted octanol–water partition coefficient (Wildman–Crippen LogP) is 2.39. The van der Waals surface area contributed by atoms with Crippen LogP contribution < -0.4 is 10.2 Å². The number of thiocarbonyl (C=S) groups is 1. The van der Waals surface area contributed by atoms with Crippen LogP contribution in [0.25, 0.3) is 0 Å². The number of rotatable bonds is 3. The fourth-order valence-electron chi connectivity index (χ4n) is 3.03. The standard InChI is InChI=1S/C18H29N3S/c1-13(2)20(5)17-8-10-21(11-9-17)18(22)19-16-7-6-14(3)15(4)12-16/h6-7,12-13,17H,8-11H2,1-5H3,(H,19,22)/p+1. The molecule has 3 nitrogen and oxygen atoms in total. The molecule has 1 aromatic rings. The topological polar surface area (TPSA) is 19.7 Å². The Morgan fingerprint density at radius 2 is 1.86 bits per heavy atom. The van der Waals surface area contributed by atoms with Crippen LogP contribution in [0.15, 0.2) is 18.2 Å². The molecule has 0 aliphatic carbocycles. The van der Waals surface area contributed by atoms with Crippen molar-refractivity contribution in [1.29, 1.82) is 0 Å². The maximum Gasteiger partial charge on any atom is 0.173 e. The summed E-state index contributed by atoms with van der Waals surface area (Å²) in [6.07, 6.45) is 2.44. The van der Waals surface area contributed by atoms with E-state index in [-0.39, 0.29) is 0 Å². The summed E-state index contributed by atoms with van der Waals surface area (Å²) < 4.78 is 0. The first-order valence-corrected chi connectivity index (χ1v) is 8.76. The normalized spacial score (nSPS) is 17.6. The van der Waals surface area contributed by atoms with Crippen LogP contribution in [0, 0.1) is 13.8 Å². The number of anilines is 1. The van der Waals surface area contributed by atoms with Gasteiger partial charge in [0.1, 0.15) is 0 Å². The Morgan fingerprint density at radius 1 is 1.23 bits per heavy atom. The summed E-state index contributed by atoms with van der Waals surface area (Å²) in [6.45, 7) is 11.0. The zero-order valence-corrected chi connectivity index (χ0v) is 15.4. The third-order valence-corrected chi connectivity index (χ3v) is 5.46. The van der Waals surface area contributed by atoms with Crippen molar-refractivity contribution in [2.45, 2.75) is 52.6 Å². The quantitative estimate of drug-likeness (QED) is 0.835. The molecule has 1 aromatic carbocycles. The minimum absolute atomic E-state index is 0.692. The molecule has 2 rings (SSSR count). The van der Waals surface area contributed by atoms with Gasteiger partial charge in [0, 0.05) is 31.6 Å². The lowest BCUT2D eigenvalue weighted by Crippen LogP contribution is -3.16. The number of nitrogens with zero attached hydrogens (tertiary/aromatic N) is 1. The molecule has 0 bridgehead atoms. The van der Waals surface area contributed by atoms with E-state index < -0.39 is 0 Å². The Hall–Kier alpha value is -1.13. The summed E-state index contributed by atoms with van der Waals surface area (Å²) in [4.78, 5) is 3.96. The molecule has 1 unspecified atom stereocenters. The molecular weight excluding hydrogens is 290 g/mol. The zero-order valence-electron chi connectivity index (χ0n) is 14.6. The average Bonchev–Trinajstić information content (AvgIpc) is 2.50. The monoisotopic (exact) mass is 320 g/mol. The van der Waals surface area contributed by atoms with Gasteiger partial charge in [-0.2, -0.15) is 0 Å². The van der Waals surface area contributed by atoms with E-state index >= 15 is 0 Å². The van der Waals surface area contributed by atoms with E-state index in [4.69, 9.17) is 12.2 Å². The van der Waals surface area contributed by atoms with Crippen molar-refractivity contribution in [2.75, 3.05) is 25.5 Å². The van der Waals surface area contributed by atoms with Crippen molar-refractivity contribution in [3.05, 3.63) is 29.3 Å². The van der Waals surface area contributed by atoms with Gasteiger partial charge in [-0.25, -0.2) is 0 Å². The third kappa shape index (κ3) is 4.20. The van der Waals surface area contributed by atoms with E-state index in [9.17, 15) is 0 Å². The molecule has 22 heavy (non-hydrogen) atoms. The van der Waals surface area contributed by atoms with Crippen LogP contribution >= 0.6 is 12.2 Å². The second-order valence-electron chi connectivity index (χ2n) is 6.89. The van der Waals surface area contributed by atoms with Gasteiger partial charge in [0.2, 0.25) is 0 Å². The molecule has 1 heterocycles. The van der Waals surface area contributed by atoms with Crippen molar-refractivity contribution in [3.63, 3.8) is 0 Å². The number of aryl methyl sites for hydroxylation is 2. The smallest absolute Gasteiger partial charge is 0.173 e. The summed E-state index contributed by atoms with van der Waals surface area (Å²) >= 11 is 5.60. The molecule has 0 radical (unpaired) electrons. The van der Waals surface area contributed by atoms with Crippen LogP contribution in [0.1, 0.15) is 37.8 Å². The molecular formula is C18H30N3S+. The van der Waals surface area contributed by atoms with Crippen LogP contribution in [0.2, 0.25) is 0 Å². The summed E-state index contributed by atoms with van der Waals surface area (Å²) in [5.74, 6) is 0. The van der Waals surface area contributed by atoms with Crippen LogP contribution in [-0.2, 0) is 0 Å². The van der Waals surface area contributed by atoms with Gasteiger partial charge >= 0.3 is 0 Å². The number of hydrogen-bond donors (Lipinski definition) is 2. The van der Waals surface area contributed by atoms with Gasteiger partial charge in [-0.05, 0) is 63.2 Å². The highest BCUT2D eigenvalue weighted by molar-refractivity contribution is 7.80. The highest BCUT2D eigenvalue weighted by atomic mass is 32.1. The zero-order chi connectivity index (χ0) is 16.3. The maximum absolute atomic E-state index is 5.60. The van der Waals surface area contributed by atoms with Crippen molar-refractivity contribution < 1.29 is 4.90 Å². The SMILES string of the molecule is Cc1ccc(NC(=S)N2CCC([NH+](C)C(C)C)CC2)cc1C. The second-order valence-corrected chi connectivity index (χ2v) is 7.28. The molecule has 0 amide bonds. The van der Waals surface area contributed by atoms with Crippen molar-refractivity contribution >= 4 is 23.0 Å². The predicted molar refractivity (Wildman–Crippen MR) is 98.8 cm³/mol. The first kappa shape index (κ1) is 17.2. The number of nitrogens with one attached hydrogen (secondary N) is 2. The third-order valence-electron chi connectivity index (χ3n) is 5.09. The van der Waals surface area contributed by atoms with Gasteiger partial charge in [-0.15, -0.1) is 0 Å². The van der Waals surface area contributed by atoms with Crippen molar-refractivity contribution in [3.8, 4) is 0 Å². The number of likely N-dealkylation sites (tertiary alicyclic amines) is 1. The van der Waals surface area contributed by atoms with E-state index in [0.717, 1.165) is 29.9 Å². The summed E-state index contributed by atoms with van der Waals surface area (Å²) in [6, 6.07) is 7.88. The second kappa shape index (κ2) is 7.42. The van der Waals surface area contributed by atoms with Gasteiger partial charge in [0.15, 0.2) is 5.11 Å². The molecule has 4 heteroatoms. The molecule has 122 valence electrons. The van der Waals surface area contributed by atoms with E-state index in [1.54, 1.807) is 4.90 Å². The van der Waals surface area contributed by atoms with E-state index in [1.807, 2.05) is 0 Å². The molecule has 0 saturated carbocycles. The molecule has 0 spiro atoms. The summed E-state index contributed by atoms with van der Waals surface area (Å²) in [5, 5.41) is 4.26. The molecule has 1 atom stereocenters. The van der Waals surface area contributed by atoms with Crippen LogP contribution in [0.3, 0.4) is 0 Å². The first-order valence-electron chi connectivity index (χ1n) is 8.35. The maximum atomic E-state index is 5.60. The van der Waals surface area contributed by atoms with Gasteiger partial charge in [-0.1, -0.05) is 6.07 Å². The Kier molecular flexibility index (Phi) is 5.81. The largest absolute Gasteiger partial charge is 0.349 e. The van der Waals surface area contributed by atoms with Gasteiger partial charge in [-0.3, -0.25) is 0 Å². The Balaban J connectivity index is 1.88. The minimum Gasteiger partial charge on any atom is -0.349 e. The summed E-state index contributed by atoms with van der Waals surface area (Å²) in [7, 11) is 2.32. The van der Waals surface area contributed by atoms with Crippen molar-refractivity contribution in [2.24, 2.45) is 0 Å². The molecule has 1 fully saturated rings. The molecule has 2 N–H and O–H groups in total. The number of benzene rings is 1. The molecule has 0 aromatic heterocycles.